The lowest BCUT2D eigenvalue weighted by Gasteiger charge is -2.15. The number of methoxy groups -OCH3 is 1. The Bertz CT molecular complexity index is 988. The van der Waals surface area contributed by atoms with Gasteiger partial charge < -0.3 is 27.0 Å². The average Bonchev–Trinajstić information content (AvgIpc) is 2.97. The fourth-order valence-electron chi connectivity index (χ4n) is 2.46. The number of anilines is 1. The molecule has 0 aliphatic carbocycles. The number of hydrogen-bond donors (Lipinski definition) is 4. The number of primary amides is 1. The van der Waals surface area contributed by atoms with Crippen LogP contribution in [0.2, 0.25) is 0 Å². The van der Waals surface area contributed by atoms with Gasteiger partial charge in [0.15, 0.2) is 5.82 Å². The van der Waals surface area contributed by atoms with Crippen molar-refractivity contribution in [1.29, 1.82) is 0 Å². The number of nitrogen functional groups attached to an aromatic ring is 1. The monoisotopic (exact) mass is 374 g/mol. The number of pyridine rings is 1. The van der Waals surface area contributed by atoms with Gasteiger partial charge in [-0.25, -0.2) is 9.97 Å². The second-order valence-electron chi connectivity index (χ2n) is 5.74. The summed E-state index contributed by atoms with van der Waals surface area (Å²) in [5.41, 5.74) is 18.5. The van der Waals surface area contributed by atoms with Crippen LogP contribution in [-0.2, 0) is 0 Å². The molecule has 0 aliphatic rings. The maximum absolute atomic E-state index is 11.7. The van der Waals surface area contributed by atoms with Crippen molar-refractivity contribution < 1.29 is 14.6 Å². The number of rotatable bonds is 5. The van der Waals surface area contributed by atoms with Gasteiger partial charge in [-0.3, -0.25) is 9.78 Å². The Morgan fingerprint density at radius 3 is 2.69 bits per heavy atom. The normalized spacial score (nSPS) is 13.5. The molecular weight excluding hydrogens is 356 g/mol. The summed E-state index contributed by atoms with van der Waals surface area (Å²) in [4.78, 5) is 25.2. The first-order chi connectivity index (χ1) is 12.3. The third-order valence-corrected chi connectivity index (χ3v) is 4.93. The molecule has 9 nitrogen and oxygen atoms in total. The Labute approximate surface area is 152 Å². The van der Waals surface area contributed by atoms with E-state index in [0.717, 1.165) is 11.3 Å². The van der Waals surface area contributed by atoms with Crippen LogP contribution in [-0.4, -0.2) is 39.1 Å². The molecule has 3 rings (SSSR count). The van der Waals surface area contributed by atoms with E-state index in [-0.39, 0.29) is 16.4 Å². The van der Waals surface area contributed by atoms with Crippen LogP contribution in [0.3, 0.4) is 0 Å². The molecule has 7 N–H and O–H groups in total. The Morgan fingerprint density at radius 1 is 1.35 bits per heavy atom. The summed E-state index contributed by atoms with van der Waals surface area (Å²) in [5, 5.41) is 10.8. The van der Waals surface area contributed by atoms with Crippen LogP contribution in [0.25, 0.3) is 21.5 Å². The van der Waals surface area contributed by atoms with E-state index >= 15 is 0 Å². The lowest BCUT2D eigenvalue weighted by atomic mass is 10.1. The first kappa shape index (κ1) is 18.0. The molecule has 0 aliphatic heterocycles. The molecule has 0 radical (unpaired) electrons. The van der Waals surface area contributed by atoms with Gasteiger partial charge in [-0.05, 0) is 13.0 Å². The molecule has 1 amide bonds. The van der Waals surface area contributed by atoms with Crippen molar-refractivity contribution in [3.8, 4) is 17.0 Å². The third kappa shape index (κ3) is 3.05. The Balaban J connectivity index is 2.35. The summed E-state index contributed by atoms with van der Waals surface area (Å²) in [5.74, 6) is -0.00965. The summed E-state index contributed by atoms with van der Waals surface area (Å²) in [6.07, 6.45) is 2.04. The van der Waals surface area contributed by atoms with E-state index in [1.165, 1.54) is 7.11 Å². The van der Waals surface area contributed by atoms with Crippen LogP contribution < -0.4 is 21.9 Å². The fraction of sp³-hybridized carbons (Fsp3) is 0.250. The lowest BCUT2D eigenvalue weighted by molar-refractivity contribution is 0.100. The van der Waals surface area contributed by atoms with E-state index in [1.807, 2.05) is 0 Å². The number of aromatic nitrogens is 3. The predicted molar refractivity (Wildman–Crippen MR) is 98.7 cm³/mol. The van der Waals surface area contributed by atoms with Gasteiger partial charge in [0, 0.05) is 17.8 Å². The second-order valence-corrected chi connectivity index (χ2v) is 6.74. The minimum absolute atomic E-state index is 0.127. The van der Waals surface area contributed by atoms with Crippen LogP contribution >= 0.6 is 11.3 Å². The number of nitrogens with zero attached hydrogens (tertiary/aromatic N) is 3. The highest BCUT2D eigenvalue weighted by molar-refractivity contribution is 7.21. The summed E-state index contributed by atoms with van der Waals surface area (Å²) >= 11 is 1.04. The second kappa shape index (κ2) is 6.83. The van der Waals surface area contributed by atoms with E-state index in [2.05, 4.69) is 15.0 Å². The zero-order valence-corrected chi connectivity index (χ0v) is 14.9. The third-order valence-electron chi connectivity index (χ3n) is 3.81. The first-order valence-corrected chi connectivity index (χ1v) is 8.48. The van der Waals surface area contributed by atoms with E-state index in [9.17, 15) is 9.90 Å². The zero-order chi connectivity index (χ0) is 19.0. The SMILES string of the molecule is COc1cncc(-c2nc(C(O)[C@@H](C)N)nc3sc(C(N)=O)c(N)c23)c1. The predicted octanol–water partition coefficient (Wildman–Crippen LogP) is 0.824. The number of aliphatic hydroxyl groups is 1. The first-order valence-electron chi connectivity index (χ1n) is 7.66. The van der Waals surface area contributed by atoms with Crippen LogP contribution in [0.15, 0.2) is 18.5 Å². The minimum atomic E-state index is -1.09. The summed E-state index contributed by atoms with van der Waals surface area (Å²) in [6, 6.07) is 1.13. The molecule has 3 aromatic rings. The van der Waals surface area contributed by atoms with Crippen molar-refractivity contribution in [2.45, 2.75) is 19.1 Å². The number of carbonyl (C=O) groups is 1. The van der Waals surface area contributed by atoms with Crippen LogP contribution in [0.5, 0.6) is 5.75 Å². The van der Waals surface area contributed by atoms with Gasteiger partial charge in [0.1, 0.15) is 21.6 Å². The van der Waals surface area contributed by atoms with Crippen LogP contribution in [0.4, 0.5) is 5.69 Å². The van der Waals surface area contributed by atoms with Gasteiger partial charge in [-0.15, -0.1) is 11.3 Å². The van der Waals surface area contributed by atoms with Gasteiger partial charge in [0.25, 0.3) is 5.91 Å². The molecule has 3 heterocycles. The number of fused-ring (bicyclic) bond motifs is 1. The molecule has 0 spiro atoms. The molecule has 2 atom stereocenters. The number of carbonyl (C=O) groups excluding carboxylic acids is 1. The Kier molecular flexibility index (Phi) is 4.72. The van der Waals surface area contributed by atoms with Crippen molar-refractivity contribution in [3.63, 3.8) is 0 Å². The molecule has 10 heteroatoms. The van der Waals surface area contributed by atoms with Gasteiger partial charge >= 0.3 is 0 Å². The summed E-state index contributed by atoms with van der Waals surface area (Å²) in [6.45, 7) is 1.64. The van der Waals surface area contributed by atoms with E-state index in [1.54, 1.807) is 25.4 Å². The molecular formula is C16H18N6O3S. The van der Waals surface area contributed by atoms with Crippen molar-refractivity contribution in [2.24, 2.45) is 11.5 Å². The average molecular weight is 374 g/mol. The molecule has 3 aromatic heterocycles. The van der Waals surface area contributed by atoms with Crippen molar-refractivity contribution >= 4 is 33.1 Å². The largest absolute Gasteiger partial charge is 0.495 e. The molecule has 26 heavy (non-hydrogen) atoms. The van der Waals surface area contributed by atoms with E-state index < -0.39 is 18.1 Å². The van der Waals surface area contributed by atoms with Crippen LogP contribution in [0.1, 0.15) is 28.5 Å². The highest BCUT2D eigenvalue weighted by atomic mass is 32.1. The molecule has 0 bridgehead atoms. The van der Waals surface area contributed by atoms with Gasteiger partial charge in [-0.1, -0.05) is 0 Å². The minimum Gasteiger partial charge on any atom is -0.495 e. The number of amides is 1. The topological polar surface area (TPSA) is 163 Å². The number of ether oxygens (including phenoxy) is 1. The molecule has 0 fully saturated rings. The van der Waals surface area contributed by atoms with E-state index in [0.29, 0.717) is 27.2 Å². The van der Waals surface area contributed by atoms with Crippen molar-refractivity contribution in [1.82, 2.24) is 15.0 Å². The fourth-order valence-corrected chi connectivity index (χ4v) is 3.41. The number of thiophene rings is 1. The number of aliphatic hydroxyl groups excluding tert-OH is 1. The number of nitrogens with two attached hydrogens (primary N) is 3. The zero-order valence-electron chi connectivity index (χ0n) is 14.1. The lowest BCUT2D eigenvalue weighted by Crippen LogP contribution is -2.26. The summed E-state index contributed by atoms with van der Waals surface area (Å²) < 4.78 is 5.20. The maximum Gasteiger partial charge on any atom is 0.260 e. The number of hydrogen-bond acceptors (Lipinski definition) is 9. The maximum atomic E-state index is 11.7. The van der Waals surface area contributed by atoms with E-state index in [4.69, 9.17) is 21.9 Å². The van der Waals surface area contributed by atoms with Gasteiger partial charge in [0.2, 0.25) is 0 Å². The molecule has 0 saturated heterocycles. The standard InChI is InChI=1S/C16H18N6O3S/c1-6(17)12(23)15-21-11(7-3-8(25-2)5-20-4-7)9-10(18)13(14(19)24)26-16(9)22-15/h3-6,12,23H,17-18H2,1-2H3,(H2,19,24)/t6-,12?/m1/s1. The highest BCUT2D eigenvalue weighted by Gasteiger charge is 2.24. The molecule has 0 aromatic carbocycles. The Morgan fingerprint density at radius 2 is 2.08 bits per heavy atom. The highest BCUT2D eigenvalue weighted by Crippen LogP contribution is 2.39. The smallest absolute Gasteiger partial charge is 0.260 e. The van der Waals surface area contributed by atoms with Crippen molar-refractivity contribution in [2.75, 3.05) is 12.8 Å². The van der Waals surface area contributed by atoms with Crippen LogP contribution in [0, 0.1) is 0 Å². The molecule has 0 saturated carbocycles. The summed E-state index contributed by atoms with van der Waals surface area (Å²) in [7, 11) is 1.52. The molecule has 136 valence electrons. The Hall–Kier alpha value is -2.82. The van der Waals surface area contributed by atoms with Gasteiger partial charge in [0.05, 0.1) is 30.1 Å². The molecule has 1 unspecified atom stereocenters. The quantitative estimate of drug-likeness (QED) is 0.510. The van der Waals surface area contributed by atoms with Crippen molar-refractivity contribution in [3.05, 3.63) is 29.2 Å². The van der Waals surface area contributed by atoms with Gasteiger partial charge in [-0.2, -0.15) is 0 Å².